The van der Waals surface area contributed by atoms with Gasteiger partial charge in [-0.25, -0.2) is 4.39 Å². The number of nitrogens with two attached hydrogens (primary N) is 1. The maximum absolute atomic E-state index is 14.0. The average molecular weight is 326 g/mol. The molecular weight excluding hydrogens is 312 g/mol. The van der Waals surface area contributed by atoms with Gasteiger partial charge in [0.05, 0.1) is 16.7 Å². The fraction of sp³-hybridized carbons (Fsp3) is 0.250. The Kier molecular flexibility index (Phi) is 3.93. The molecule has 21 heavy (non-hydrogen) atoms. The molecule has 0 fully saturated rings. The highest BCUT2D eigenvalue weighted by atomic mass is 35.5. The molecule has 2 aromatic rings. The molecule has 0 aliphatic heterocycles. The minimum absolute atomic E-state index is 0.133. The van der Waals surface area contributed by atoms with E-state index in [9.17, 15) is 9.50 Å². The summed E-state index contributed by atoms with van der Waals surface area (Å²) in [4.78, 5) is 0. The van der Waals surface area contributed by atoms with Crippen LogP contribution in [0, 0.1) is 5.82 Å². The lowest BCUT2D eigenvalue weighted by molar-refractivity contribution is 0.282. The van der Waals surface area contributed by atoms with Crippen LogP contribution in [0.4, 0.5) is 4.39 Å². The Morgan fingerprint density at radius 2 is 1.90 bits per heavy atom. The van der Waals surface area contributed by atoms with Crippen molar-refractivity contribution in [3.8, 4) is 11.1 Å². The molecular formula is C16H14Cl2FNO. The van der Waals surface area contributed by atoms with Crippen molar-refractivity contribution < 1.29 is 9.50 Å². The van der Waals surface area contributed by atoms with Crippen molar-refractivity contribution >= 4 is 23.2 Å². The first-order valence-corrected chi connectivity index (χ1v) is 7.44. The predicted octanol–water partition coefficient (Wildman–Crippen LogP) is 4.24. The van der Waals surface area contributed by atoms with Gasteiger partial charge in [-0.3, -0.25) is 0 Å². The van der Waals surface area contributed by atoms with Gasteiger partial charge in [0.15, 0.2) is 0 Å². The van der Waals surface area contributed by atoms with Gasteiger partial charge >= 0.3 is 0 Å². The largest absolute Gasteiger partial charge is 0.392 e. The van der Waals surface area contributed by atoms with Crippen LogP contribution in [0.15, 0.2) is 24.3 Å². The van der Waals surface area contributed by atoms with Gasteiger partial charge in [0, 0.05) is 17.2 Å². The van der Waals surface area contributed by atoms with Crippen LogP contribution < -0.4 is 5.73 Å². The molecule has 0 unspecified atom stereocenters. The molecule has 1 aliphatic carbocycles. The predicted molar refractivity (Wildman–Crippen MR) is 83.0 cm³/mol. The topological polar surface area (TPSA) is 46.2 Å². The van der Waals surface area contributed by atoms with E-state index in [4.69, 9.17) is 28.9 Å². The first kappa shape index (κ1) is 14.8. The Morgan fingerprint density at radius 3 is 2.52 bits per heavy atom. The molecule has 2 nitrogen and oxygen atoms in total. The van der Waals surface area contributed by atoms with E-state index >= 15 is 0 Å². The van der Waals surface area contributed by atoms with Gasteiger partial charge in [0.1, 0.15) is 5.82 Å². The third kappa shape index (κ3) is 2.44. The molecule has 0 bridgehead atoms. The van der Waals surface area contributed by atoms with Gasteiger partial charge in [0.25, 0.3) is 0 Å². The van der Waals surface area contributed by atoms with Gasteiger partial charge in [-0.1, -0.05) is 29.3 Å². The van der Waals surface area contributed by atoms with Crippen molar-refractivity contribution in [2.24, 2.45) is 5.73 Å². The van der Waals surface area contributed by atoms with E-state index in [0.717, 1.165) is 11.1 Å². The summed E-state index contributed by atoms with van der Waals surface area (Å²) in [6.07, 6.45) is 1.42. The average Bonchev–Trinajstić information content (AvgIpc) is 2.83. The van der Waals surface area contributed by atoms with Gasteiger partial charge in [-0.2, -0.15) is 0 Å². The molecule has 5 heteroatoms. The third-order valence-electron chi connectivity index (χ3n) is 3.93. The minimum Gasteiger partial charge on any atom is -0.392 e. The normalized spacial score (nSPS) is 17.1. The van der Waals surface area contributed by atoms with Crippen LogP contribution in [-0.4, -0.2) is 5.11 Å². The molecule has 0 saturated carbocycles. The van der Waals surface area contributed by atoms with E-state index in [1.54, 1.807) is 18.2 Å². The molecule has 1 atom stereocenters. The summed E-state index contributed by atoms with van der Waals surface area (Å²) in [6.45, 7) is -0.133. The Hall–Kier alpha value is -1.13. The van der Waals surface area contributed by atoms with Gasteiger partial charge < -0.3 is 10.8 Å². The van der Waals surface area contributed by atoms with Crippen molar-refractivity contribution in [3.05, 3.63) is 56.8 Å². The molecule has 0 aromatic heterocycles. The van der Waals surface area contributed by atoms with Crippen molar-refractivity contribution in [2.45, 2.75) is 25.5 Å². The number of halogens is 3. The molecule has 0 spiro atoms. The van der Waals surface area contributed by atoms with E-state index in [1.165, 1.54) is 6.07 Å². The summed E-state index contributed by atoms with van der Waals surface area (Å²) < 4.78 is 14.0. The fourth-order valence-electron chi connectivity index (χ4n) is 2.96. The van der Waals surface area contributed by atoms with Gasteiger partial charge in [-0.15, -0.1) is 0 Å². The van der Waals surface area contributed by atoms with E-state index in [1.807, 2.05) is 0 Å². The van der Waals surface area contributed by atoms with Crippen LogP contribution in [0.25, 0.3) is 11.1 Å². The molecule has 110 valence electrons. The highest BCUT2D eigenvalue weighted by Gasteiger charge is 2.27. The Labute approximate surface area is 132 Å². The van der Waals surface area contributed by atoms with E-state index in [0.29, 0.717) is 39.6 Å². The Balaban J connectivity index is 2.24. The van der Waals surface area contributed by atoms with Crippen LogP contribution in [0.3, 0.4) is 0 Å². The number of aliphatic hydroxyl groups is 1. The fourth-order valence-corrected chi connectivity index (χ4v) is 3.69. The van der Waals surface area contributed by atoms with Crippen molar-refractivity contribution in [2.75, 3.05) is 0 Å². The molecule has 0 radical (unpaired) electrons. The van der Waals surface area contributed by atoms with E-state index in [2.05, 4.69) is 0 Å². The summed E-state index contributed by atoms with van der Waals surface area (Å²) in [5.74, 6) is -0.280. The molecule has 0 saturated heterocycles. The maximum atomic E-state index is 14.0. The zero-order valence-corrected chi connectivity index (χ0v) is 12.7. The second kappa shape index (κ2) is 5.58. The van der Waals surface area contributed by atoms with Gasteiger partial charge in [0.2, 0.25) is 0 Å². The molecule has 0 heterocycles. The smallest absolute Gasteiger partial charge is 0.128 e. The highest BCUT2D eigenvalue weighted by Crippen LogP contribution is 2.43. The number of hydrogen-bond acceptors (Lipinski definition) is 2. The molecule has 3 N–H and O–H groups in total. The van der Waals surface area contributed by atoms with Crippen LogP contribution in [0.2, 0.25) is 10.0 Å². The zero-order valence-electron chi connectivity index (χ0n) is 11.2. The van der Waals surface area contributed by atoms with Crippen LogP contribution >= 0.6 is 23.2 Å². The highest BCUT2D eigenvalue weighted by molar-refractivity contribution is 6.39. The van der Waals surface area contributed by atoms with Crippen molar-refractivity contribution in [3.63, 3.8) is 0 Å². The second-order valence-corrected chi connectivity index (χ2v) is 6.04. The van der Waals surface area contributed by atoms with Crippen LogP contribution in [0.5, 0.6) is 0 Å². The number of benzene rings is 2. The number of hydrogen-bond donors (Lipinski definition) is 2. The summed E-state index contributed by atoms with van der Waals surface area (Å²) in [7, 11) is 0. The van der Waals surface area contributed by atoms with Crippen molar-refractivity contribution in [1.29, 1.82) is 0 Å². The molecule has 3 rings (SSSR count). The first-order valence-electron chi connectivity index (χ1n) is 6.69. The summed E-state index contributed by atoms with van der Waals surface area (Å²) in [6, 6.07) is 6.17. The number of aliphatic hydroxyl groups excluding tert-OH is 1. The molecule has 1 aliphatic rings. The van der Waals surface area contributed by atoms with Crippen LogP contribution in [0.1, 0.15) is 29.2 Å². The summed E-state index contributed by atoms with van der Waals surface area (Å²) in [5.41, 5.74) is 9.54. The van der Waals surface area contributed by atoms with Crippen molar-refractivity contribution in [1.82, 2.24) is 0 Å². The lowest BCUT2D eigenvalue weighted by Gasteiger charge is -2.15. The lowest BCUT2D eigenvalue weighted by atomic mass is 9.95. The van der Waals surface area contributed by atoms with Crippen LogP contribution in [-0.2, 0) is 13.0 Å². The summed E-state index contributed by atoms with van der Waals surface area (Å²) >= 11 is 12.6. The zero-order chi connectivity index (χ0) is 15.1. The van der Waals surface area contributed by atoms with E-state index < -0.39 is 0 Å². The Morgan fingerprint density at radius 1 is 1.24 bits per heavy atom. The second-order valence-electron chi connectivity index (χ2n) is 5.22. The monoisotopic (exact) mass is 325 g/mol. The Bertz CT molecular complexity index is 695. The van der Waals surface area contributed by atoms with E-state index in [-0.39, 0.29) is 18.5 Å². The maximum Gasteiger partial charge on any atom is 0.128 e. The van der Waals surface area contributed by atoms with Gasteiger partial charge in [-0.05, 0) is 47.7 Å². The third-order valence-corrected chi connectivity index (χ3v) is 4.53. The lowest BCUT2D eigenvalue weighted by Crippen LogP contribution is -2.07. The summed E-state index contributed by atoms with van der Waals surface area (Å²) in [5, 5.41) is 10.1. The quantitative estimate of drug-likeness (QED) is 0.867. The molecule has 0 amide bonds. The SMILES string of the molecule is N[C@@H]1CCc2c(-c3c(Cl)cc(CO)cc3Cl)ccc(F)c21. The minimum atomic E-state index is -0.283. The number of fused-ring (bicyclic) bond motifs is 1. The number of rotatable bonds is 2. The standard InChI is InChI=1S/C16H14Cl2FNO/c17-11-5-8(7-21)6-12(18)15(11)9-1-3-13(19)16-10(9)2-4-14(16)20/h1,3,5-6,14,21H,2,4,7,20H2/t14-/m1/s1. The molecule has 2 aromatic carbocycles. The first-order chi connectivity index (χ1) is 10.0.